The number of hydrogen-bond acceptors (Lipinski definition) is 8. The van der Waals surface area contributed by atoms with E-state index in [1.807, 2.05) is 6.08 Å². The Morgan fingerprint density at radius 1 is 0.905 bits per heavy atom. The Labute approximate surface area is 242 Å². The Hall–Kier alpha value is -4.66. The number of carbonyl (C=O) groups is 4. The molecule has 0 saturated carbocycles. The molecule has 1 aliphatic heterocycles. The zero-order chi connectivity index (χ0) is 29.9. The third kappa shape index (κ3) is 4.22. The van der Waals surface area contributed by atoms with Gasteiger partial charge in [0.2, 0.25) is 11.8 Å². The Morgan fingerprint density at radius 2 is 1.57 bits per heavy atom. The summed E-state index contributed by atoms with van der Waals surface area (Å²) in [6.07, 6.45) is 4.20. The number of allylic oxidation sites excluding steroid dienone is 6. The fourth-order valence-electron chi connectivity index (χ4n) is 7.11. The first-order valence-corrected chi connectivity index (χ1v) is 13.9. The standard InChI is InChI=1S/C33H31NO8/c1-16-12-24(37)28-23(31(16)38)15-22-20(29(28)30-25(41-2)13-19(36)14-26(30)42-3)8-9-21-27(22)33(40)34(32(21)39)11-10-17-4-6-18(35)7-5-17/h4-8,12-14,21-22,27,29,35-36H,9-11,15H2,1-3H3. The molecule has 42 heavy (non-hydrogen) atoms. The number of phenolic OH excluding ortho intramolecular Hbond substituents is 2. The van der Waals surface area contributed by atoms with Gasteiger partial charge in [0.25, 0.3) is 0 Å². The number of imide groups is 1. The van der Waals surface area contributed by atoms with E-state index in [1.54, 1.807) is 31.2 Å². The van der Waals surface area contributed by atoms with Crippen molar-refractivity contribution in [1.29, 1.82) is 0 Å². The molecule has 9 heteroatoms. The van der Waals surface area contributed by atoms with E-state index in [0.29, 0.717) is 35.1 Å². The van der Waals surface area contributed by atoms with Crippen molar-refractivity contribution in [3.05, 3.63) is 82.0 Å². The van der Waals surface area contributed by atoms with Crippen LogP contribution in [0.25, 0.3) is 0 Å². The molecule has 0 spiro atoms. The van der Waals surface area contributed by atoms with E-state index in [0.717, 1.165) is 11.1 Å². The van der Waals surface area contributed by atoms with Crippen LogP contribution < -0.4 is 9.47 Å². The first kappa shape index (κ1) is 27.5. The minimum absolute atomic E-state index is 0.0886. The molecule has 0 bridgehead atoms. The SMILES string of the molecule is COc1cc(O)cc(OC)c1C1C2=CCC3C(=O)N(CCc4ccc(O)cc4)C(=O)C3C2CC2=C1C(=O)C=C(C)C2=O. The predicted molar refractivity (Wildman–Crippen MR) is 151 cm³/mol. The molecular formula is C33H31NO8. The van der Waals surface area contributed by atoms with Crippen molar-refractivity contribution in [2.24, 2.45) is 17.8 Å². The van der Waals surface area contributed by atoms with Crippen molar-refractivity contribution in [1.82, 2.24) is 4.90 Å². The Kier molecular flexibility index (Phi) is 6.75. The van der Waals surface area contributed by atoms with Crippen molar-refractivity contribution in [3.63, 3.8) is 0 Å². The number of hydrogen-bond donors (Lipinski definition) is 2. The third-order valence-electron chi connectivity index (χ3n) is 9.03. The van der Waals surface area contributed by atoms with Gasteiger partial charge < -0.3 is 19.7 Å². The molecule has 0 radical (unpaired) electrons. The van der Waals surface area contributed by atoms with Crippen LogP contribution in [0, 0.1) is 17.8 Å². The van der Waals surface area contributed by atoms with Gasteiger partial charge in [0, 0.05) is 46.9 Å². The predicted octanol–water partition coefficient (Wildman–Crippen LogP) is 3.79. The van der Waals surface area contributed by atoms with Gasteiger partial charge in [-0.05, 0) is 55.9 Å². The molecule has 2 amide bonds. The lowest BCUT2D eigenvalue weighted by molar-refractivity contribution is -0.140. The summed E-state index contributed by atoms with van der Waals surface area (Å²) in [4.78, 5) is 55.9. The number of rotatable bonds is 6. The van der Waals surface area contributed by atoms with E-state index < -0.39 is 23.7 Å². The van der Waals surface area contributed by atoms with Crippen LogP contribution in [0.2, 0.25) is 0 Å². The van der Waals surface area contributed by atoms with Gasteiger partial charge in [-0.2, -0.15) is 0 Å². The van der Waals surface area contributed by atoms with Gasteiger partial charge in [-0.1, -0.05) is 23.8 Å². The van der Waals surface area contributed by atoms with E-state index in [-0.39, 0.29) is 59.3 Å². The topological polar surface area (TPSA) is 130 Å². The number of benzene rings is 2. The molecule has 4 aliphatic rings. The normalized spacial score (nSPS) is 25.1. The highest BCUT2D eigenvalue weighted by Crippen LogP contribution is 2.57. The number of methoxy groups -OCH3 is 2. The Morgan fingerprint density at radius 3 is 2.21 bits per heavy atom. The average Bonchev–Trinajstić information content (AvgIpc) is 3.23. The number of amides is 2. The molecule has 2 aromatic carbocycles. The molecule has 3 aliphatic carbocycles. The zero-order valence-corrected chi connectivity index (χ0v) is 23.5. The molecule has 1 heterocycles. The monoisotopic (exact) mass is 569 g/mol. The number of aromatic hydroxyl groups is 2. The third-order valence-corrected chi connectivity index (χ3v) is 9.03. The number of fused-ring (bicyclic) bond motifs is 3. The number of ether oxygens (including phenoxy) is 2. The highest BCUT2D eigenvalue weighted by atomic mass is 16.5. The van der Waals surface area contributed by atoms with Gasteiger partial charge in [-0.3, -0.25) is 24.1 Å². The van der Waals surface area contributed by atoms with Gasteiger partial charge >= 0.3 is 0 Å². The molecule has 2 N–H and O–H groups in total. The number of Topliss-reactive ketones (excluding diaryl/α,β-unsaturated/α-hetero) is 1. The first-order valence-electron chi connectivity index (χ1n) is 13.9. The molecule has 4 atom stereocenters. The maximum atomic E-state index is 14.0. The van der Waals surface area contributed by atoms with Crippen LogP contribution in [0.15, 0.2) is 70.8 Å². The first-order chi connectivity index (χ1) is 20.1. The summed E-state index contributed by atoms with van der Waals surface area (Å²) in [7, 11) is 2.89. The van der Waals surface area contributed by atoms with Crippen LogP contribution in [0.3, 0.4) is 0 Å². The molecule has 0 aromatic heterocycles. The lowest BCUT2D eigenvalue weighted by atomic mass is 9.59. The van der Waals surface area contributed by atoms with E-state index in [4.69, 9.17) is 9.47 Å². The second-order valence-electron chi connectivity index (χ2n) is 11.2. The van der Waals surface area contributed by atoms with Gasteiger partial charge in [0.05, 0.1) is 26.1 Å². The van der Waals surface area contributed by atoms with Crippen molar-refractivity contribution < 1.29 is 38.9 Å². The number of likely N-dealkylation sites (tertiary alicyclic amines) is 1. The van der Waals surface area contributed by atoms with E-state index in [9.17, 15) is 29.4 Å². The molecule has 216 valence electrons. The van der Waals surface area contributed by atoms with Crippen molar-refractivity contribution >= 4 is 23.4 Å². The molecule has 4 unspecified atom stereocenters. The van der Waals surface area contributed by atoms with Crippen LogP contribution >= 0.6 is 0 Å². The van der Waals surface area contributed by atoms with E-state index in [1.165, 1.54) is 37.3 Å². The lowest BCUT2D eigenvalue weighted by Crippen LogP contribution is -2.40. The smallest absolute Gasteiger partial charge is 0.233 e. The molecule has 9 nitrogen and oxygen atoms in total. The zero-order valence-electron chi connectivity index (χ0n) is 23.5. The van der Waals surface area contributed by atoms with Gasteiger partial charge in [0.15, 0.2) is 11.6 Å². The summed E-state index contributed by atoms with van der Waals surface area (Å²) in [5.41, 5.74) is 3.12. The van der Waals surface area contributed by atoms with Crippen molar-refractivity contribution in [2.75, 3.05) is 20.8 Å². The highest BCUT2D eigenvalue weighted by molar-refractivity contribution is 6.24. The maximum Gasteiger partial charge on any atom is 0.233 e. The molecule has 2 aromatic rings. The summed E-state index contributed by atoms with van der Waals surface area (Å²) in [6.45, 7) is 1.80. The van der Waals surface area contributed by atoms with Crippen LogP contribution in [-0.2, 0) is 25.6 Å². The highest BCUT2D eigenvalue weighted by Gasteiger charge is 2.56. The molecular weight excluding hydrogens is 538 g/mol. The van der Waals surface area contributed by atoms with E-state index >= 15 is 0 Å². The second-order valence-corrected chi connectivity index (χ2v) is 11.2. The van der Waals surface area contributed by atoms with Gasteiger partial charge in [-0.25, -0.2) is 0 Å². The fourth-order valence-corrected chi connectivity index (χ4v) is 7.11. The number of carbonyl (C=O) groups excluding carboxylic acids is 4. The maximum absolute atomic E-state index is 14.0. The van der Waals surface area contributed by atoms with Crippen LogP contribution in [-0.4, -0.2) is 59.3 Å². The van der Waals surface area contributed by atoms with Crippen LogP contribution in [0.5, 0.6) is 23.0 Å². The average molecular weight is 570 g/mol. The fraction of sp³-hybridized carbons (Fsp3) is 0.333. The minimum Gasteiger partial charge on any atom is -0.508 e. The second kappa shape index (κ2) is 10.3. The van der Waals surface area contributed by atoms with Gasteiger partial charge in [-0.15, -0.1) is 0 Å². The molecule has 1 fully saturated rings. The van der Waals surface area contributed by atoms with Gasteiger partial charge in [0.1, 0.15) is 23.0 Å². The van der Waals surface area contributed by atoms with Crippen molar-refractivity contribution in [3.8, 4) is 23.0 Å². The van der Waals surface area contributed by atoms with E-state index in [2.05, 4.69) is 0 Å². The summed E-state index contributed by atoms with van der Waals surface area (Å²) in [6, 6.07) is 9.51. The number of phenols is 2. The van der Waals surface area contributed by atoms with Crippen LogP contribution in [0.1, 0.15) is 36.8 Å². The minimum atomic E-state index is -0.764. The van der Waals surface area contributed by atoms with Crippen molar-refractivity contribution in [2.45, 2.75) is 32.1 Å². The Bertz CT molecular complexity index is 1600. The number of ketones is 2. The molecule has 6 rings (SSSR count). The summed E-state index contributed by atoms with van der Waals surface area (Å²) >= 11 is 0. The van der Waals surface area contributed by atoms with Crippen LogP contribution in [0.4, 0.5) is 0 Å². The summed E-state index contributed by atoms with van der Waals surface area (Å²) in [5, 5.41) is 19.9. The largest absolute Gasteiger partial charge is 0.508 e. The lowest BCUT2D eigenvalue weighted by Gasteiger charge is -2.42. The Balaban J connectivity index is 1.44. The molecule has 1 saturated heterocycles. The summed E-state index contributed by atoms with van der Waals surface area (Å²) < 4.78 is 11.3. The summed E-state index contributed by atoms with van der Waals surface area (Å²) in [5.74, 6) is -2.97. The number of nitrogens with zero attached hydrogens (tertiary/aromatic N) is 1. The quantitative estimate of drug-likeness (QED) is 0.305.